The van der Waals surface area contributed by atoms with Gasteiger partial charge >= 0.3 is 0 Å². The quantitative estimate of drug-likeness (QED) is 0.307. The number of H-pyrrole nitrogens is 1. The van der Waals surface area contributed by atoms with Gasteiger partial charge in [0.25, 0.3) is 5.91 Å². The lowest BCUT2D eigenvalue weighted by molar-refractivity contribution is 0.0947. The van der Waals surface area contributed by atoms with E-state index in [1.807, 2.05) is 36.5 Å². The van der Waals surface area contributed by atoms with Crippen LogP contribution in [0.5, 0.6) is 0 Å². The molecule has 2 aliphatic rings. The van der Waals surface area contributed by atoms with Crippen LogP contribution in [-0.2, 0) is 6.54 Å². The fraction of sp³-hybridized carbons (Fsp3) is 0.276. The number of pyridine rings is 1. The highest BCUT2D eigenvalue weighted by Crippen LogP contribution is 2.34. The molecule has 1 saturated heterocycles. The molecule has 6 nitrogen and oxygen atoms in total. The molecule has 1 aliphatic heterocycles. The number of benzene rings is 2. The molecular formula is C29H28FN5OS. The first kappa shape index (κ1) is 23.9. The van der Waals surface area contributed by atoms with Crippen molar-refractivity contribution in [2.24, 2.45) is 0 Å². The van der Waals surface area contributed by atoms with Crippen molar-refractivity contribution in [3.05, 3.63) is 83.1 Å². The molecule has 1 aliphatic carbocycles. The zero-order valence-electron chi connectivity index (χ0n) is 20.4. The van der Waals surface area contributed by atoms with E-state index in [-0.39, 0.29) is 11.9 Å². The summed E-state index contributed by atoms with van der Waals surface area (Å²) in [7, 11) is 0. The van der Waals surface area contributed by atoms with Gasteiger partial charge in [0, 0.05) is 34.0 Å². The second kappa shape index (κ2) is 10.5. The number of fused-ring (bicyclic) bond motifs is 1. The Morgan fingerprint density at radius 2 is 1.97 bits per heavy atom. The van der Waals surface area contributed by atoms with Gasteiger partial charge in [-0.25, -0.2) is 4.39 Å². The molecule has 6 rings (SSSR count). The van der Waals surface area contributed by atoms with Gasteiger partial charge in [0.2, 0.25) is 0 Å². The first-order valence-electron chi connectivity index (χ1n) is 12.7. The predicted octanol–water partition coefficient (Wildman–Crippen LogP) is 5.91. The maximum atomic E-state index is 13.9. The Morgan fingerprint density at radius 3 is 2.81 bits per heavy atom. The lowest BCUT2D eigenvalue weighted by Crippen LogP contribution is -2.26. The normalized spacial score (nSPS) is 16.1. The topological polar surface area (TPSA) is 73.9 Å². The molecule has 1 saturated carbocycles. The van der Waals surface area contributed by atoms with Crippen molar-refractivity contribution in [2.45, 2.75) is 48.1 Å². The fourth-order valence-corrected chi connectivity index (χ4v) is 5.61. The molecule has 2 aromatic heterocycles. The first-order chi connectivity index (χ1) is 18.1. The zero-order chi connectivity index (χ0) is 25.2. The molecule has 0 unspecified atom stereocenters. The third kappa shape index (κ3) is 5.76. The second-order valence-electron chi connectivity index (χ2n) is 9.71. The van der Waals surface area contributed by atoms with Crippen LogP contribution in [0, 0.1) is 5.82 Å². The standard InChI is InChI=1S/C29H28FN5OS/c30-20-3-10-28(25(16-20)29(36)32-21-4-5-21)37-23-7-8-24-26(33-34-27(24)17-23)9-6-22-15-19(11-12-31-22)18-35-13-1-2-14-35/h3,6-12,15-17,21H,1-2,4-5,13-14,18H2,(H,32,36)(H,33,34)/b9-6+. The number of carbonyl (C=O) groups excluding carboxylic acids is 1. The molecule has 0 radical (unpaired) electrons. The molecule has 8 heteroatoms. The SMILES string of the molecule is O=C(NC1CC1)c1cc(F)ccc1Sc1ccc2c(/C=C/c3cc(CN4CCCC4)ccn3)n[nH]c2c1. The minimum atomic E-state index is -0.415. The summed E-state index contributed by atoms with van der Waals surface area (Å²) in [6, 6.07) is 14.8. The minimum Gasteiger partial charge on any atom is -0.349 e. The van der Waals surface area contributed by atoms with Crippen LogP contribution in [0.3, 0.4) is 0 Å². The summed E-state index contributed by atoms with van der Waals surface area (Å²) in [6.45, 7) is 3.31. The Hall–Kier alpha value is -3.49. The van der Waals surface area contributed by atoms with E-state index in [0.717, 1.165) is 51.5 Å². The van der Waals surface area contributed by atoms with Gasteiger partial charge in [0.1, 0.15) is 5.82 Å². The summed E-state index contributed by atoms with van der Waals surface area (Å²) in [5.41, 5.74) is 4.28. The van der Waals surface area contributed by atoms with E-state index < -0.39 is 5.82 Å². The molecule has 4 aromatic rings. The van der Waals surface area contributed by atoms with Crippen LogP contribution < -0.4 is 5.32 Å². The summed E-state index contributed by atoms with van der Waals surface area (Å²) in [4.78, 5) is 21.3. The van der Waals surface area contributed by atoms with E-state index in [9.17, 15) is 9.18 Å². The highest BCUT2D eigenvalue weighted by Gasteiger charge is 2.25. The third-order valence-electron chi connectivity index (χ3n) is 6.75. The van der Waals surface area contributed by atoms with E-state index >= 15 is 0 Å². The van der Waals surface area contributed by atoms with E-state index in [1.165, 1.54) is 55.4 Å². The van der Waals surface area contributed by atoms with Gasteiger partial charge < -0.3 is 5.32 Å². The largest absolute Gasteiger partial charge is 0.349 e. The molecule has 2 fully saturated rings. The number of aromatic nitrogens is 3. The van der Waals surface area contributed by atoms with Crippen LogP contribution in [0.2, 0.25) is 0 Å². The summed E-state index contributed by atoms with van der Waals surface area (Å²) >= 11 is 1.44. The first-order valence-corrected chi connectivity index (χ1v) is 13.5. The molecular weight excluding hydrogens is 485 g/mol. The van der Waals surface area contributed by atoms with Gasteiger partial charge in [-0.05, 0) is 105 Å². The Balaban J connectivity index is 1.18. The van der Waals surface area contributed by atoms with E-state index in [2.05, 4.69) is 37.5 Å². The molecule has 1 amide bonds. The van der Waals surface area contributed by atoms with Crippen LogP contribution in [0.4, 0.5) is 4.39 Å². The molecule has 3 heterocycles. The molecule has 2 N–H and O–H groups in total. The van der Waals surface area contributed by atoms with Gasteiger partial charge in [-0.3, -0.25) is 19.8 Å². The molecule has 2 aromatic carbocycles. The molecule has 0 atom stereocenters. The number of halogens is 1. The number of amides is 1. The van der Waals surface area contributed by atoms with Gasteiger partial charge in [-0.15, -0.1) is 0 Å². The van der Waals surface area contributed by atoms with Crippen molar-refractivity contribution in [3.63, 3.8) is 0 Å². The number of likely N-dealkylation sites (tertiary alicyclic amines) is 1. The molecule has 0 spiro atoms. The molecule has 188 valence electrons. The van der Waals surface area contributed by atoms with Crippen molar-refractivity contribution in [1.29, 1.82) is 0 Å². The van der Waals surface area contributed by atoms with Crippen molar-refractivity contribution >= 4 is 40.7 Å². The number of nitrogens with one attached hydrogen (secondary N) is 2. The lowest BCUT2D eigenvalue weighted by Gasteiger charge is -2.14. The average molecular weight is 514 g/mol. The van der Waals surface area contributed by atoms with Gasteiger partial charge in [0.05, 0.1) is 22.5 Å². The highest BCUT2D eigenvalue weighted by molar-refractivity contribution is 7.99. The Morgan fingerprint density at radius 1 is 1.11 bits per heavy atom. The lowest BCUT2D eigenvalue weighted by atomic mass is 10.1. The van der Waals surface area contributed by atoms with Crippen molar-refractivity contribution in [3.8, 4) is 0 Å². The van der Waals surface area contributed by atoms with E-state index in [4.69, 9.17) is 0 Å². The number of aromatic amines is 1. The second-order valence-corrected chi connectivity index (χ2v) is 10.8. The van der Waals surface area contributed by atoms with E-state index in [0.29, 0.717) is 5.56 Å². The molecule has 37 heavy (non-hydrogen) atoms. The number of hydrogen-bond acceptors (Lipinski definition) is 5. The number of carbonyl (C=O) groups is 1. The summed E-state index contributed by atoms with van der Waals surface area (Å²) in [6.07, 6.45) is 10.4. The predicted molar refractivity (Wildman–Crippen MR) is 145 cm³/mol. The average Bonchev–Trinajstić information content (AvgIpc) is 3.39. The Bertz CT molecular complexity index is 1470. The maximum absolute atomic E-state index is 13.9. The Kier molecular flexibility index (Phi) is 6.76. The van der Waals surface area contributed by atoms with Gasteiger partial charge in [-0.2, -0.15) is 5.10 Å². The van der Waals surface area contributed by atoms with Crippen molar-refractivity contribution < 1.29 is 9.18 Å². The van der Waals surface area contributed by atoms with Crippen LogP contribution in [0.15, 0.2) is 64.5 Å². The smallest absolute Gasteiger partial charge is 0.252 e. The number of nitrogens with zero attached hydrogens (tertiary/aromatic N) is 3. The van der Waals surface area contributed by atoms with Crippen LogP contribution >= 0.6 is 11.8 Å². The Labute approximate surface area is 219 Å². The van der Waals surface area contributed by atoms with Crippen LogP contribution in [0.1, 0.15) is 53.0 Å². The zero-order valence-corrected chi connectivity index (χ0v) is 21.2. The summed E-state index contributed by atoms with van der Waals surface area (Å²) in [5.74, 6) is -0.639. The number of rotatable bonds is 8. The van der Waals surface area contributed by atoms with Crippen molar-refractivity contribution in [1.82, 2.24) is 25.4 Å². The number of hydrogen-bond donors (Lipinski definition) is 2. The van der Waals surface area contributed by atoms with Crippen LogP contribution in [-0.4, -0.2) is 45.1 Å². The fourth-order valence-electron chi connectivity index (χ4n) is 4.64. The molecule has 0 bridgehead atoms. The maximum Gasteiger partial charge on any atom is 0.252 e. The van der Waals surface area contributed by atoms with Crippen LogP contribution in [0.25, 0.3) is 23.1 Å². The third-order valence-corrected chi connectivity index (χ3v) is 7.82. The van der Waals surface area contributed by atoms with Gasteiger partial charge in [0.15, 0.2) is 0 Å². The summed E-state index contributed by atoms with van der Waals surface area (Å²) < 4.78 is 13.9. The van der Waals surface area contributed by atoms with Crippen molar-refractivity contribution in [2.75, 3.05) is 13.1 Å². The van der Waals surface area contributed by atoms with Gasteiger partial charge in [-0.1, -0.05) is 11.8 Å². The summed E-state index contributed by atoms with van der Waals surface area (Å²) in [5, 5.41) is 11.6. The monoisotopic (exact) mass is 513 g/mol. The minimum absolute atomic E-state index is 0.212. The van der Waals surface area contributed by atoms with E-state index in [1.54, 1.807) is 6.07 Å². The highest BCUT2D eigenvalue weighted by atomic mass is 32.2.